The van der Waals surface area contributed by atoms with Crippen molar-refractivity contribution in [3.05, 3.63) is 9.21 Å². The van der Waals surface area contributed by atoms with E-state index < -0.39 is 9.05 Å². The van der Waals surface area contributed by atoms with E-state index in [1.54, 1.807) is 0 Å². The van der Waals surface area contributed by atoms with E-state index in [-0.39, 0.29) is 14.1 Å². The molecule has 1 N–H and O–H groups in total. The minimum Gasteiger partial charge on any atom is -0.269 e. The van der Waals surface area contributed by atoms with Crippen LogP contribution in [0, 0.1) is 0 Å². The summed E-state index contributed by atoms with van der Waals surface area (Å²) in [6, 6.07) is 0. The molecule has 0 amide bonds. The van der Waals surface area contributed by atoms with Gasteiger partial charge in [0.2, 0.25) is 0 Å². The fourth-order valence-corrected chi connectivity index (χ4v) is 4.12. The Morgan fingerprint density at radius 2 is 2.00 bits per heavy atom. The maximum absolute atomic E-state index is 10.8. The normalized spacial score (nSPS) is 11.9. The highest BCUT2D eigenvalue weighted by molar-refractivity contribution is 9.11. The van der Waals surface area contributed by atoms with E-state index in [9.17, 15) is 8.42 Å². The number of hydrogen-bond acceptors (Lipinski definition) is 3. The summed E-state index contributed by atoms with van der Waals surface area (Å²) < 4.78 is 22.0. The van der Waals surface area contributed by atoms with Crippen LogP contribution in [0.25, 0.3) is 0 Å². The first-order valence-electron chi connectivity index (χ1n) is 2.27. The lowest BCUT2D eigenvalue weighted by Crippen LogP contribution is -1.89. The van der Waals surface area contributed by atoms with Crippen LogP contribution in [0.15, 0.2) is 14.1 Å². The summed E-state index contributed by atoms with van der Waals surface area (Å²) in [7, 11) is 1.33. The first-order valence-corrected chi connectivity index (χ1v) is 6.16. The average molecular weight is 324 g/mol. The van der Waals surface area contributed by atoms with Gasteiger partial charge in [0.1, 0.15) is 14.1 Å². The molecule has 1 rings (SSSR count). The summed E-state index contributed by atoms with van der Waals surface area (Å²) in [5.41, 5.74) is 0. The van der Waals surface area contributed by atoms with Crippen molar-refractivity contribution in [1.29, 1.82) is 0 Å². The third-order valence-electron chi connectivity index (χ3n) is 0.883. The quantitative estimate of drug-likeness (QED) is 0.802. The van der Waals surface area contributed by atoms with Crippen LogP contribution in [0.3, 0.4) is 0 Å². The molecular weight excluding hydrogens is 323 g/mol. The number of H-pyrrole nitrogens is 1. The molecule has 0 aliphatic rings. The molecule has 0 aromatic carbocycles. The van der Waals surface area contributed by atoms with Crippen LogP contribution in [-0.4, -0.2) is 18.6 Å². The van der Waals surface area contributed by atoms with E-state index in [1.807, 2.05) is 0 Å². The second-order valence-corrected chi connectivity index (χ2v) is 5.64. The standard InChI is InChI=1S/C3HBr2ClN2O2S/c4-2-1(11(6,9)10)3(5)8-7-2/h(H,7,8). The van der Waals surface area contributed by atoms with E-state index in [4.69, 9.17) is 10.7 Å². The Balaban J connectivity index is 3.45. The fraction of sp³-hybridized carbons (Fsp3) is 0. The minimum atomic E-state index is -3.74. The Kier molecular flexibility index (Phi) is 2.63. The molecule has 0 aliphatic heterocycles. The molecule has 1 heterocycles. The Labute approximate surface area is 84.0 Å². The van der Waals surface area contributed by atoms with Crippen LogP contribution in [-0.2, 0) is 9.05 Å². The molecular formula is C3HBr2ClN2O2S. The number of hydrogen-bond donors (Lipinski definition) is 1. The molecule has 0 aliphatic carbocycles. The number of rotatable bonds is 1. The van der Waals surface area contributed by atoms with Gasteiger partial charge in [-0.3, -0.25) is 5.10 Å². The van der Waals surface area contributed by atoms with Crippen molar-refractivity contribution >= 4 is 51.6 Å². The van der Waals surface area contributed by atoms with Crippen LogP contribution >= 0.6 is 42.5 Å². The number of nitrogens with zero attached hydrogens (tertiary/aromatic N) is 1. The van der Waals surface area contributed by atoms with Crippen molar-refractivity contribution in [1.82, 2.24) is 10.2 Å². The van der Waals surface area contributed by atoms with Crippen LogP contribution in [0.2, 0.25) is 0 Å². The monoisotopic (exact) mass is 322 g/mol. The van der Waals surface area contributed by atoms with Crippen molar-refractivity contribution in [2.45, 2.75) is 4.90 Å². The predicted octanol–water partition coefficient (Wildman–Crippen LogP) is 1.86. The molecule has 62 valence electrons. The van der Waals surface area contributed by atoms with Crippen LogP contribution in [0.1, 0.15) is 0 Å². The maximum atomic E-state index is 10.8. The van der Waals surface area contributed by atoms with E-state index >= 15 is 0 Å². The van der Waals surface area contributed by atoms with Gasteiger partial charge in [-0.2, -0.15) is 5.10 Å². The van der Waals surface area contributed by atoms with Gasteiger partial charge in [-0.15, -0.1) is 0 Å². The van der Waals surface area contributed by atoms with Crippen molar-refractivity contribution in [2.75, 3.05) is 0 Å². The summed E-state index contributed by atoms with van der Waals surface area (Å²) >= 11 is 5.86. The summed E-state index contributed by atoms with van der Waals surface area (Å²) in [4.78, 5) is -0.0841. The molecule has 0 fully saturated rings. The zero-order chi connectivity index (χ0) is 8.65. The molecule has 8 heteroatoms. The van der Waals surface area contributed by atoms with Gasteiger partial charge in [-0.1, -0.05) is 0 Å². The van der Waals surface area contributed by atoms with Gasteiger partial charge in [-0.05, 0) is 31.9 Å². The Hall–Kier alpha value is 0.410. The number of nitrogens with one attached hydrogen (secondary N) is 1. The first kappa shape index (κ1) is 9.50. The molecule has 0 saturated carbocycles. The molecule has 0 unspecified atom stereocenters. The summed E-state index contributed by atoms with van der Waals surface area (Å²) in [6.07, 6.45) is 0. The van der Waals surface area contributed by atoms with Crippen LogP contribution in [0.5, 0.6) is 0 Å². The average Bonchev–Trinajstić information content (AvgIpc) is 2.08. The molecule has 0 spiro atoms. The summed E-state index contributed by atoms with van der Waals surface area (Å²) in [6.45, 7) is 0. The Morgan fingerprint density at radius 1 is 1.45 bits per heavy atom. The Morgan fingerprint density at radius 3 is 2.18 bits per heavy atom. The van der Waals surface area contributed by atoms with Crippen LogP contribution in [0.4, 0.5) is 0 Å². The number of aromatic nitrogens is 2. The van der Waals surface area contributed by atoms with Gasteiger partial charge < -0.3 is 0 Å². The molecule has 1 aromatic heterocycles. The van der Waals surface area contributed by atoms with Gasteiger partial charge >= 0.3 is 0 Å². The van der Waals surface area contributed by atoms with Gasteiger partial charge in [0, 0.05) is 10.7 Å². The largest absolute Gasteiger partial charge is 0.269 e. The molecule has 0 bridgehead atoms. The molecule has 4 nitrogen and oxygen atoms in total. The topological polar surface area (TPSA) is 62.8 Å². The van der Waals surface area contributed by atoms with Crippen LogP contribution < -0.4 is 0 Å². The third kappa shape index (κ3) is 1.95. The highest BCUT2D eigenvalue weighted by Gasteiger charge is 2.21. The third-order valence-corrected chi connectivity index (χ3v) is 3.90. The highest BCUT2D eigenvalue weighted by Crippen LogP contribution is 2.29. The zero-order valence-corrected chi connectivity index (χ0v) is 9.55. The fourth-order valence-electron chi connectivity index (χ4n) is 0.498. The second-order valence-electron chi connectivity index (χ2n) is 1.60. The van der Waals surface area contributed by atoms with Gasteiger partial charge in [-0.25, -0.2) is 8.42 Å². The van der Waals surface area contributed by atoms with Crippen molar-refractivity contribution in [2.24, 2.45) is 0 Å². The van der Waals surface area contributed by atoms with Crippen molar-refractivity contribution in [3.63, 3.8) is 0 Å². The lowest BCUT2D eigenvalue weighted by Gasteiger charge is -1.89. The highest BCUT2D eigenvalue weighted by atomic mass is 79.9. The Bertz CT molecular complexity index is 353. The summed E-state index contributed by atoms with van der Waals surface area (Å²) in [5, 5.41) is 5.96. The van der Waals surface area contributed by atoms with E-state index in [0.717, 1.165) is 0 Å². The predicted molar refractivity (Wildman–Crippen MR) is 47.0 cm³/mol. The minimum absolute atomic E-state index is 0.0841. The molecule has 0 atom stereocenters. The maximum Gasteiger partial charge on any atom is 0.266 e. The number of aromatic amines is 1. The van der Waals surface area contributed by atoms with E-state index in [2.05, 4.69) is 42.1 Å². The second kappa shape index (κ2) is 3.04. The SMILES string of the molecule is O=S(=O)(Cl)c1c(Br)n[nH]c1Br. The van der Waals surface area contributed by atoms with Gasteiger partial charge in [0.15, 0.2) is 0 Å². The molecule has 0 saturated heterocycles. The van der Waals surface area contributed by atoms with Gasteiger partial charge in [0.05, 0.1) is 0 Å². The smallest absolute Gasteiger partial charge is 0.266 e. The molecule has 0 radical (unpaired) electrons. The summed E-state index contributed by atoms with van der Waals surface area (Å²) in [5.74, 6) is 0. The first-order chi connectivity index (χ1) is 4.93. The van der Waals surface area contributed by atoms with E-state index in [1.165, 1.54) is 0 Å². The van der Waals surface area contributed by atoms with E-state index in [0.29, 0.717) is 0 Å². The van der Waals surface area contributed by atoms with Gasteiger partial charge in [0.25, 0.3) is 9.05 Å². The molecule has 1 aromatic rings. The zero-order valence-electron chi connectivity index (χ0n) is 4.81. The van der Waals surface area contributed by atoms with Crippen molar-refractivity contribution < 1.29 is 8.42 Å². The lowest BCUT2D eigenvalue weighted by molar-refractivity contribution is 0.609. The molecule has 11 heavy (non-hydrogen) atoms. The lowest BCUT2D eigenvalue weighted by atomic mass is 10.7. The van der Waals surface area contributed by atoms with Crippen molar-refractivity contribution in [3.8, 4) is 0 Å². The number of halogens is 3.